The Labute approximate surface area is 149 Å². The molecule has 0 aliphatic carbocycles. The van der Waals surface area contributed by atoms with Crippen LogP contribution in [0, 0.1) is 0 Å². The lowest BCUT2D eigenvalue weighted by Crippen LogP contribution is -2.19. The largest absolute Gasteiger partial charge is 0.456 e. The van der Waals surface area contributed by atoms with Gasteiger partial charge in [0.05, 0.1) is 18.1 Å². The number of hydrogen-bond donors (Lipinski definition) is 2. The van der Waals surface area contributed by atoms with Gasteiger partial charge in [-0.05, 0) is 36.4 Å². The van der Waals surface area contributed by atoms with Crippen molar-refractivity contribution in [3.8, 4) is 11.5 Å². The molecule has 4 rings (SSSR count). The first-order chi connectivity index (χ1) is 12.8. The topological polar surface area (TPSA) is 80.5 Å². The van der Waals surface area contributed by atoms with Crippen LogP contribution in [0.2, 0.25) is 0 Å². The number of aromatic nitrogens is 3. The van der Waals surface area contributed by atoms with Crippen LogP contribution in [0.4, 0.5) is 16.2 Å². The molecular weight excluding hydrogens is 330 g/mol. The first-order valence-electron chi connectivity index (χ1n) is 7.95. The number of pyridine rings is 2. The van der Waals surface area contributed by atoms with Crippen molar-refractivity contribution in [3.05, 3.63) is 79.5 Å². The standard InChI is InChI=1S/C19H15N5O2/c25-19(23-15-4-2-8-20-12-15)22-14-3-1-5-16(11-14)26-17-6-7-18-21-9-10-24(18)13-17/h1-13H,(H2,22,23,25). The van der Waals surface area contributed by atoms with Crippen molar-refractivity contribution in [2.45, 2.75) is 0 Å². The number of benzene rings is 1. The molecule has 0 radical (unpaired) electrons. The third-order valence-electron chi connectivity index (χ3n) is 3.61. The van der Waals surface area contributed by atoms with Crippen LogP contribution in [0.25, 0.3) is 5.65 Å². The van der Waals surface area contributed by atoms with Gasteiger partial charge in [-0.25, -0.2) is 9.78 Å². The summed E-state index contributed by atoms with van der Waals surface area (Å²) >= 11 is 0. The highest BCUT2D eigenvalue weighted by molar-refractivity contribution is 5.99. The number of urea groups is 1. The fraction of sp³-hybridized carbons (Fsp3) is 0. The van der Waals surface area contributed by atoms with E-state index in [0.29, 0.717) is 22.9 Å². The van der Waals surface area contributed by atoms with Crippen molar-refractivity contribution in [3.63, 3.8) is 0 Å². The minimum absolute atomic E-state index is 0.352. The number of imidazole rings is 1. The van der Waals surface area contributed by atoms with E-state index in [2.05, 4.69) is 20.6 Å². The summed E-state index contributed by atoms with van der Waals surface area (Å²) in [6.45, 7) is 0. The van der Waals surface area contributed by atoms with E-state index in [1.807, 2.05) is 41.1 Å². The van der Waals surface area contributed by atoms with Gasteiger partial charge in [0.15, 0.2) is 0 Å². The molecule has 0 unspecified atom stereocenters. The van der Waals surface area contributed by atoms with Gasteiger partial charge in [0.1, 0.15) is 17.1 Å². The molecule has 1 aromatic carbocycles. The van der Waals surface area contributed by atoms with Gasteiger partial charge >= 0.3 is 6.03 Å². The monoisotopic (exact) mass is 345 g/mol. The summed E-state index contributed by atoms with van der Waals surface area (Å²) in [5.41, 5.74) is 2.08. The lowest BCUT2D eigenvalue weighted by Gasteiger charge is -2.10. The second-order valence-corrected chi connectivity index (χ2v) is 5.51. The van der Waals surface area contributed by atoms with E-state index in [1.165, 1.54) is 0 Å². The molecule has 0 bridgehead atoms. The Morgan fingerprint density at radius 3 is 2.73 bits per heavy atom. The van der Waals surface area contributed by atoms with Crippen LogP contribution < -0.4 is 15.4 Å². The summed E-state index contributed by atoms with van der Waals surface area (Å²) in [6, 6.07) is 14.0. The average Bonchev–Trinajstić information content (AvgIpc) is 3.10. The van der Waals surface area contributed by atoms with Crippen molar-refractivity contribution in [2.24, 2.45) is 0 Å². The van der Waals surface area contributed by atoms with Crippen molar-refractivity contribution < 1.29 is 9.53 Å². The van der Waals surface area contributed by atoms with Gasteiger partial charge in [0.2, 0.25) is 0 Å². The maximum absolute atomic E-state index is 12.1. The molecule has 0 atom stereocenters. The van der Waals surface area contributed by atoms with Crippen molar-refractivity contribution >= 4 is 23.1 Å². The number of amides is 2. The van der Waals surface area contributed by atoms with E-state index in [1.54, 1.807) is 42.9 Å². The van der Waals surface area contributed by atoms with Crippen LogP contribution in [-0.2, 0) is 0 Å². The second kappa shape index (κ2) is 6.94. The molecule has 0 spiro atoms. The Morgan fingerprint density at radius 2 is 1.85 bits per heavy atom. The average molecular weight is 345 g/mol. The first kappa shape index (κ1) is 15.6. The molecule has 2 N–H and O–H groups in total. The number of anilines is 2. The van der Waals surface area contributed by atoms with Crippen LogP contribution in [0.1, 0.15) is 0 Å². The number of hydrogen-bond acceptors (Lipinski definition) is 4. The number of carbonyl (C=O) groups excluding carboxylic acids is 1. The van der Waals surface area contributed by atoms with Crippen LogP contribution in [0.3, 0.4) is 0 Å². The fourth-order valence-electron chi connectivity index (χ4n) is 2.46. The minimum atomic E-state index is -0.352. The van der Waals surface area contributed by atoms with E-state index in [-0.39, 0.29) is 6.03 Å². The predicted molar refractivity (Wildman–Crippen MR) is 98.6 cm³/mol. The molecular formula is C19H15N5O2. The summed E-state index contributed by atoms with van der Waals surface area (Å²) in [5, 5.41) is 5.48. The van der Waals surface area contributed by atoms with E-state index in [0.717, 1.165) is 5.65 Å². The zero-order valence-electron chi connectivity index (χ0n) is 13.7. The third-order valence-corrected chi connectivity index (χ3v) is 3.61. The van der Waals surface area contributed by atoms with Gasteiger partial charge in [-0.2, -0.15) is 0 Å². The van der Waals surface area contributed by atoms with Crippen molar-refractivity contribution in [1.82, 2.24) is 14.4 Å². The normalized spacial score (nSPS) is 10.5. The maximum Gasteiger partial charge on any atom is 0.323 e. The molecule has 128 valence electrons. The van der Waals surface area contributed by atoms with E-state index in [9.17, 15) is 4.79 Å². The van der Waals surface area contributed by atoms with Gasteiger partial charge in [0.25, 0.3) is 0 Å². The van der Waals surface area contributed by atoms with Gasteiger partial charge in [-0.3, -0.25) is 4.98 Å². The number of ether oxygens (including phenoxy) is 1. The minimum Gasteiger partial charge on any atom is -0.456 e. The third kappa shape index (κ3) is 3.62. The number of carbonyl (C=O) groups is 1. The van der Waals surface area contributed by atoms with Gasteiger partial charge in [0, 0.05) is 30.3 Å². The molecule has 2 amide bonds. The summed E-state index contributed by atoms with van der Waals surface area (Å²) in [4.78, 5) is 20.2. The van der Waals surface area contributed by atoms with Crippen LogP contribution in [0.5, 0.6) is 11.5 Å². The van der Waals surface area contributed by atoms with Gasteiger partial charge in [-0.15, -0.1) is 0 Å². The molecule has 3 heterocycles. The van der Waals surface area contributed by atoms with Crippen molar-refractivity contribution in [1.29, 1.82) is 0 Å². The van der Waals surface area contributed by atoms with Gasteiger partial charge in [-0.1, -0.05) is 6.07 Å². The number of nitrogens with zero attached hydrogens (tertiary/aromatic N) is 3. The molecule has 0 fully saturated rings. The maximum atomic E-state index is 12.1. The molecule has 4 aromatic rings. The lowest BCUT2D eigenvalue weighted by atomic mass is 10.3. The highest BCUT2D eigenvalue weighted by Gasteiger charge is 2.05. The smallest absolute Gasteiger partial charge is 0.323 e. The summed E-state index contributed by atoms with van der Waals surface area (Å²) in [5.74, 6) is 1.29. The Morgan fingerprint density at radius 1 is 0.962 bits per heavy atom. The highest BCUT2D eigenvalue weighted by Crippen LogP contribution is 2.24. The Bertz CT molecular complexity index is 1050. The summed E-state index contributed by atoms with van der Waals surface area (Å²) in [6.07, 6.45) is 8.64. The Kier molecular flexibility index (Phi) is 4.17. The Hall–Kier alpha value is -3.87. The zero-order valence-corrected chi connectivity index (χ0v) is 13.7. The summed E-state index contributed by atoms with van der Waals surface area (Å²) < 4.78 is 7.74. The summed E-state index contributed by atoms with van der Waals surface area (Å²) in [7, 11) is 0. The van der Waals surface area contributed by atoms with Gasteiger partial charge < -0.3 is 19.8 Å². The highest BCUT2D eigenvalue weighted by atomic mass is 16.5. The van der Waals surface area contributed by atoms with E-state index in [4.69, 9.17) is 4.74 Å². The lowest BCUT2D eigenvalue weighted by molar-refractivity contribution is 0.262. The van der Waals surface area contributed by atoms with Crippen LogP contribution in [-0.4, -0.2) is 20.4 Å². The SMILES string of the molecule is O=C(Nc1cccnc1)Nc1cccc(Oc2ccc3nccn3c2)c1. The molecule has 0 aliphatic rings. The molecule has 3 aromatic heterocycles. The van der Waals surface area contributed by atoms with Crippen LogP contribution >= 0.6 is 0 Å². The molecule has 0 aliphatic heterocycles. The number of rotatable bonds is 4. The molecule has 0 saturated heterocycles. The Balaban J connectivity index is 1.45. The number of fused-ring (bicyclic) bond motifs is 1. The van der Waals surface area contributed by atoms with Crippen LogP contribution in [0.15, 0.2) is 79.5 Å². The number of nitrogens with one attached hydrogen (secondary N) is 2. The zero-order chi connectivity index (χ0) is 17.8. The molecule has 7 heteroatoms. The fourth-order valence-corrected chi connectivity index (χ4v) is 2.46. The quantitative estimate of drug-likeness (QED) is 0.582. The van der Waals surface area contributed by atoms with Crippen molar-refractivity contribution in [2.75, 3.05) is 10.6 Å². The first-order valence-corrected chi connectivity index (χ1v) is 7.95. The molecule has 26 heavy (non-hydrogen) atoms. The molecule has 0 saturated carbocycles. The van der Waals surface area contributed by atoms with E-state index < -0.39 is 0 Å². The van der Waals surface area contributed by atoms with E-state index >= 15 is 0 Å². The molecule has 7 nitrogen and oxygen atoms in total. The second-order valence-electron chi connectivity index (χ2n) is 5.51. The predicted octanol–water partition coefficient (Wildman–Crippen LogP) is 4.17.